The molecule has 0 aliphatic carbocycles. The largest absolute Gasteiger partial charge is 0.474 e. The molecule has 4 rings (SSSR count). The monoisotopic (exact) mass is 455 g/mol. The molecule has 3 aromatic rings. The Balaban J connectivity index is 1.27. The summed E-state index contributed by atoms with van der Waals surface area (Å²) in [6, 6.07) is 9.60. The van der Waals surface area contributed by atoms with E-state index in [0.717, 1.165) is 61.3 Å². The van der Waals surface area contributed by atoms with Crippen molar-refractivity contribution in [2.75, 3.05) is 20.2 Å². The number of ether oxygens (including phenoxy) is 2. The minimum atomic E-state index is 0.165. The Hall–Kier alpha value is -2.48. The Morgan fingerprint density at radius 3 is 2.62 bits per heavy atom. The first-order valence-electron chi connectivity index (χ1n) is 11.1. The molecule has 8 heteroatoms. The molecule has 0 radical (unpaired) electrons. The quantitative estimate of drug-likeness (QED) is 0.486. The van der Waals surface area contributed by atoms with Gasteiger partial charge in [0.25, 0.3) is 0 Å². The van der Waals surface area contributed by atoms with Crippen LogP contribution in [0.25, 0.3) is 0 Å². The third kappa shape index (κ3) is 6.28. The summed E-state index contributed by atoms with van der Waals surface area (Å²) in [4.78, 5) is 16.0. The van der Waals surface area contributed by atoms with Crippen LogP contribution in [0.1, 0.15) is 37.0 Å². The van der Waals surface area contributed by atoms with Crippen LogP contribution in [0.2, 0.25) is 5.02 Å². The summed E-state index contributed by atoms with van der Waals surface area (Å²) >= 11 is 5.97. The van der Waals surface area contributed by atoms with Gasteiger partial charge >= 0.3 is 0 Å². The highest BCUT2D eigenvalue weighted by Gasteiger charge is 2.22. The lowest BCUT2D eigenvalue weighted by molar-refractivity contribution is 0.0870. The molecule has 170 valence electrons. The van der Waals surface area contributed by atoms with Gasteiger partial charge in [0.15, 0.2) is 0 Å². The van der Waals surface area contributed by atoms with Crippen LogP contribution in [0, 0.1) is 0 Å². The Labute approximate surface area is 194 Å². The highest BCUT2D eigenvalue weighted by Crippen LogP contribution is 2.19. The average Bonchev–Trinajstić information content (AvgIpc) is 3.23. The van der Waals surface area contributed by atoms with Crippen molar-refractivity contribution in [3.8, 4) is 5.88 Å². The summed E-state index contributed by atoms with van der Waals surface area (Å²) in [5.41, 5.74) is 1.12. The van der Waals surface area contributed by atoms with Crippen LogP contribution in [-0.2, 0) is 24.2 Å². The van der Waals surface area contributed by atoms with Gasteiger partial charge in [-0.05, 0) is 37.5 Å². The van der Waals surface area contributed by atoms with Crippen molar-refractivity contribution in [2.24, 2.45) is 0 Å². The van der Waals surface area contributed by atoms with Crippen molar-refractivity contribution in [3.05, 3.63) is 71.2 Å². The first kappa shape index (κ1) is 22.7. The standard InChI is InChI=1S/C24H30ClN5O2/c1-18(31-2)16-30-14-11-27-23(30)17-29-12-8-21(9-13-29)32-24-7-10-26-22(28-24)15-19-3-5-20(25)6-4-19/h3-7,10-11,14,18,21H,8-9,12-13,15-17H2,1-2H3. The Morgan fingerprint density at radius 2 is 1.88 bits per heavy atom. The van der Waals surface area contributed by atoms with E-state index < -0.39 is 0 Å². The third-order valence-corrected chi connectivity index (χ3v) is 6.05. The van der Waals surface area contributed by atoms with E-state index in [0.29, 0.717) is 12.3 Å². The highest BCUT2D eigenvalue weighted by atomic mass is 35.5. The molecule has 2 aromatic heterocycles. The average molecular weight is 456 g/mol. The fourth-order valence-electron chi connectivity index (χ4n) is 3.88. The van der Waals surface area contributed by atoms with Gasteiger partial charge in [0.2, 0.25) is 5.88 Å². The molecule has 1 aliphatic heterocycles. The zero-order valence-corrected chi connectivity index (χ0v) is 19.4. The van der Waals surface area contributed by atoms with E-state index in [9.17, 15) is 0 Å². The summed E-state index contributed by atoms with van der Waals surface area (Å²) in [6.45, 7) is 5.67. The molecule has 1 unspecified atom stereocenters. The first-order chi connectivity index (χ1) is 15.6. The second-order valence-corrected chi connectivity index (χ2v) is 8.69. The predicted molar refractivity (Wildman–Crippen MR) is 124 cm³/mol. The van der Waals surface area contributed by atoms with Crippen molar-refractivity contribution in [3.63, 3.8) is 0 Å². The molecule has 0 saturated carbocycles. The summed E-state index contributed by atoms with van der Waals surface area (Å²) in [5, 5.41) is 0.728. The zero-order valence-electron chi connectivity index (χ0n) is 18.7. The lowest BCUT2D eigenvalue weighted by Crippen LogP contribution is -2.38. The number of imidazole rings is 1. The van der Waals surface area contributed by atoms with Gasteiger partial charge in [0, 0.05) is 62.8 Å². The van der Waals surface area contributed by atoms with Crippen LogP contribution in [0.15, 0.2) is 48.9 Å². The predicted octanol–water partition coefficient (Wildman–Crippen LogP) is 4.00. The maximum absolute atomic E-state index is 6.19. The molecule has 1 atom stereocenters. The number of aromatic nitrogens is 4. The summed E-state index contributed by atoms with van der Waals surface area (Å²) < 4.78 is 13.8. The molecule has 1 aromatic carbocycles. The highest BCUT2D eigenvalue weighted by molar-refractivity contribution is 6.30. The minimum absolute atomic E-state index is 0.165. The summed E-state index contributed by atoms with van der Waals surface area (Å²) in [6.07, 6.45) is 8.57. The van der Waals surface area contributed by atoms with Crippen LogP contribution in [0.4, 0.5) is 0 Å². The van der Waals surface area contributed by atoms with Gasteiger partial charge in [-0.2, -0.15) is 4.98 Å². The van der Waals surface area contributed by atoms with Crippen LogP contribution >= 0.6 is 11.6 Å². The molecule has 1 fully saturated rings. The van der Waals surface area contributed by atoms with Crippen LogP contribution in [0.3, 0.4) is 0 Å². The van der Waals surface area contributed by atoms with Crippen LogP contribution < -0.4 is 4.74 Å². The molecule has 0 spiro atoms. The molecule has 0 bridgehead atoms. The van der Waals surface area contributed by atoms with Crippen molar-refractivity contribution >= 4 is 11.6 Å². The van der Waals surface area contributed by atoms with Gasteiger partial charge in [-0.25, -0.2) is 9.97 Å². The second kappa shape index (κ2) is 10.9. The van der Waals surface area contributed by atoms with E-state index in [-0.39, 0.29) is 12.2 Å². The normalized spacial score (nSPS) is 16.2. The van der Waals surface area contributed by atoms with Crippen molar-refractivity contribution in [1.82, 2.24) is 24.4 Å². The lowest BCUT2D eigenvalue weighted by Gasteiger charge is -2.31. The number of piperidine rings is 1. The van der Waals surface area contributed by atoms with Gasteiger partial charge in [0.1, 0.15) is 17.8 Å². The topological polar surface area (TPSA) is 65.3 Å². The van der Waals surface area contributed by atoms with E-state index in [4.69, 9.17) is 21.1 Å². The molecule has 32 heavy (non-hydrogen) atoms. The number of methoxy groups -OCH3 is 1. The van der Waals surface area contributed by atoms with Crippen LogP contribution in [-0.4, -0.2) is 56.8 Å². The molecule has 1 saturated heterocycles. The van der Waals surface area contributed by atoms with Gasteiger partial charge < -0.3 is 14.0 Å². The van der Waals surface area contributed by atoms with Crippen molar-refractivity contribution in [1.29, 1.82) is 0 Å². The molecule has 3 heterocycles. The van der Waals surface area contributed by atoms with E-state index in [1.807, 2.05) is 42.7 Å². The lowest BCUT2D eigenvalue weighted by atomic mass is 10.1. The fraction of sp³-hybridized carbons (Fsp3) is 0.458. The molecular weight excluding hydrogens is 426 g/mol. The minimum Gasteiger partial charge on any atom is -0.474 e. The third-order valence-electron chi connectivity index (χ3n) is 5.80. The van der Waals surface area contributed by atoms with Gasteiger partial charge in [-0.3, -0.25) is 4.90 Å². The van der Waals surface area contributed by atoms with Gasteiger partial charge in [-0.15, -0.1) is 0 Å². The molecule has 0 N–H and O–H groups in total. The van der Waals surface area contributed by atoms with Crippen molar-refractivity contribution < 1.29 is 9.47 Å². The van der Waals surface area contributed by atoms with Crippen molar-refractivity contribution in [2.45, 2.75) is 51.5 Å². The van der Waals surface area contributed by atoms with E-state index in [2.05, 4.69) is 31.3 Å². The van der Waals surface area contributed by atoms with Crippen LogP contribution in [0.5, 0.6) is 5.88 Å². The number of likely N-dealkylation sites (tertiary alicyclic amines) is 1. The number of halogens is 1. The fourth-order valence-corrected chi connectivity index (χ4v) is 4.01. The molecular formula is C24H30ClN5O2. The zero-order chi connectivity index (χ0) is 22.3. The number of rotatable bonds is 9. The maximum Gasteiger partial charge on any atom is 0.216 e. The molecule has 1 aliphatic rings. The summed E-state index contributed by atoms with van der Waals surface area (Å²) in [5.74, 6) is 2.47. The van der Waals surface area contributed by atoms with Gasteiger partial charge in [-0.1, -0.05) is 23.7 Å². The summed E-state index contributed by atoms with van der Waals surface area (Å²) in [7, 11) is 1.74. The maximum atomic E-state index is 6.19. The Kier molecular flexibility index (Phi) is 7.73. The first-order valence-corrected chi connectivity index (χ1v) is 11.4. The Morgan fingerprint density at radius 1 is 1.09 bits per heavy atom. The number of hydrogen-bond donors (Lipinski definition) is 0. The smallest absolute Gasteiger partial charge is 0.216 e. The Bertz CT molecular complexity index is 986. The number of hydrogen-bond acceptors (Lipinski definition) is 6. The second-order valence-electron chi connectivity index (χ2n) is 8.25. The van der Waals surface area contributed by atoms with Gasteiger partial charge in [0.05, 0.1) is 12.6 Å². The van der Waals surface area contributed by atoms with E-state index in [1.54, 1.807) is 13.3 Å². The number of benzene rings is 1. The van der Waals surface area contributed by atoms with E-state index >= 15 is 0 Å². The van der Waals surface area contributed by atoms with E-state index in [1.165, 1.54) is 0 Å². The SMILES string of the molecule is COC(C)Cn1ccnc1CN1CCC(Oc2ccnc(Cc3ccc(Cl)cc3)n2)CC1. The molecule has 0 amide bonds. The number of nitrogens with zero attached hydrogens (tertiary/aromatic N) is 5. The molecule has 7 nitrogen and oxygen atoms in total.